The number of rotatable bonds is 8. The number of anilines is 2. The molecule has 1 aliphatic rings. The van der Waals surface area contributed by atoms with Crippen molar-refractivity contribution in [2.75, 3.05) is 30.5 Å². The van der Waals surface area contributed by atoms with Crippen LogP contribution in [-0.2, 0) is 14.3 Å². The van der Waals surface area contributed by atoms with Crippen molar-refractivity contribution >= 4 is 34.9 Å². The molecule has 0 radical (unpaired) electrons. The Balaban J connectivity index is 1.30. The van der Waals surface area contributed by atoms with Gasteiger partial charge in [-0.2, -0.15) is 0 Å². The first kappa shape index (κ1) is 23.7. The van der Waals surface area contributed by atoms with Gasteiger partial charge in [0.1, 0.15) is 5.75 Å². The predicted molar refractivity (Wildman–Crippen MR) is 130 cm³/mol. The summed E-state index contributed by atoms with van der Waals surface area (Å²) in [5.41, 5.74) is 1.92. The van der Waals surface area contributed by atoms with Crippen LogP contribution >= 0.6 is 0 Å². The number of Topliss-reactive ketones (excluding diaryl/α,β-unsaturated/α-hetero) is 1. The number of ketones is 1. The quantitative estimate of drug-likeness (QED) is 0.396. The Kier molecular flexibility index (Phi) is 7.21. The summed E-state index contributed by atoms with van der Waals surface area (Å²) in [7, 11) is 1.57. The van der Waals surface area contributed by atoms with Crippen molar-refractivity contribution in [3.63, 3.8) is 0 Å². The van der Waals surface area contributed by atoms with Gasteiger partial charge >= 0.3 is 5.97 Å². The van der Waals surface area contributed by atoms with E-state index in [-0.39, 0.29) is 42.7 Å². The van der Waals surface area contributed by atoms with Gasteiger partial charge in [0, 0.05) is 29.9 Å². The number of nitrogens with one attached hydrogen (secondary N) is 1. The maximum atomic E-state index is 12.7. The Morgan fingerprint density at radius 3 is 2.26 bits per heavy atom. The molecular formula is C27H24N2O6. The topological polar surface area (TPSA) is 102 Å². The van der Waals surface area contributed by atoms with Crippen LogP contribution in [0.3, 0.4) is 0 Å². The Bertz CT molecular complexity index is 1220. The number of hydrogen-bond acceptors (Lipinski definition) is 6. The zero-order valence-electron chi connectivity index (χ0n) is 19.1. The molecule has 0 spiro atoms. The van der Waals surface area contributed by atoms with E-state index in [0.717, 1.165) is 0 Å². The first-order chi connectivity index (χ1) is 16.9. The van der Waals surface area contributed by atoms with E-state index in [4.69, 9.17) is 9.47 Å². The van der Waals surface area contributed by atoms with Gasteiger partial charge in [0.2, 0.25) is 11.8 Å². The van der Waals surface area contributed by atoms with Gasteiger partial charge in [-0.15, -0.1) is 0 Å². The number of nitrogens with zero attached hydrogens (tertiary/aromatic N) is 1. The van der Waals surface area contributed by atoms with Crippen LogP contribution in [0.1, 0.15) is 27.1 Å². The molecule has 8 nitrogen and oxygen atoms in total. The van der Waals surface area contributed by atoms with Crippen molar-refractivity contribution in [3.8, 4) is 5.75 Å². The van der Waals surface area contributed by atoms with Gasteiger partial charge in [0.25, 0.3) is 0 Å². The molecule has 4 rings (SSSR count). The van der Waals surface area contributed by atoms with E-state index in [1.807, 2.05) is 0 Å². The predicted octanol–water partition coefficient (Wildman–Crippen LogP) is 3.73. The maximum Gasteiger partial charge on any atom is 0.338 e. The standard InChI is InChI=1S/C27H24N2O6/c1-34-23-13-11-22(12-14-23)29-16-20(15-25(29)31)26(32)28-21-9-7-19(8-10-21)27(33)35-17-24(30)18-5-3-2-4-6-18/h2-14,20H,15-17H2,1H3,(H,28,32)/t20-/m0/s1. The molecule has 8 heteroatoms. The zero-order valence-corrected chi connectivity index (χ0v) is 19.1. The lowest BCUT2D eigenvalue weighted by Crippen LogP contribution is -2.28. The molecule has 1 saturated heterocycles. The lowest BCUT2D eigenvalue weighted by Gasteiger charge is -2.17. The summed E-state index contributed by atoms with van der Waals surface area (Å²) in [6.07, 6.45) is 0.109. The third-order valence-corrected chi connectivity index (χ3v) is 5.70. The van der Waals surface area contributed by atoms with Crippen LogP contribution < -0.4 is 15.0 Å². The van der Waals surface area contributed by atoms with Gasteiger partial charge in [-0.05, 0) is 48.5 Å². The largest absolute Gasteiger partial charge is 0.497 e. The Hall–Kier alpha value is -4.46. The van der Waals surface area contributed by atoms with Crippen LogP contribution in [0.25, 0.3) is 0 Å². The smallest absolute Gasteiger partial charge is 0.338 e. The first-order valence-electron chi connectivity index (χ1n) is 11.1. The average molecular weight is 472 g/mol. The second kappa shape index (κ2) is 10.6. The molecule has 0 aliphatic carbocycles. The summed E-state index contributed by atoms with van der Waals surface area (Å²) >= 11 is 0. The fraction of sp³-hybridized carbons (Fsp3) is 0.185. The summed E-state index contributed by atoms with van der Waals surface area (Å²) in [5.74, 6) is -1.15. The minimum atomic E-state index is -0.635. The van der Waals surface area contributed by atoms with E-state index in [1.165, 1.54) is 12.1 Å². The molecule has 1 atom stereocenters. The van der Waals surface area contributed by atoms with Crippen molar-refractivity contribution in [1.29, 1.82) is 0 Å². The molecule has 1 fully saturated rings. The number of benzene rings is 3. The van der Waals surface area contributed by atoms with Crippen molar-refractivity contribution in [3.05, 3.63) is 90.0 Å². The Labute approximate surface area is 202 Å². The third-order valence-electron chi connectivity index (χ3n) is 5.70. The molecule has 0 saturated carbocycles. The van der Waals surface area contributed by atoms with Crippen LogP contribution in [0, 0.1) is 5.92 Å². The van der Waals surface area contributed by atoms with Crippen molar-refractivity contribution in [2.45, 2.75) is 6.42 Å². The molecule has 35 heavy (non-hydrogen) atoms. The lowest BCUT2D eigenvalue weighted by molar-refractivity contribution is -0.122. The summed E-state index contributed by atoms with van der Waals surface area (Å²) in [6.45, 7) is -0.0847. The third kappa shape index (κ3) is 5.73. The fourth-order valence-corrected chi connectivity index (χ4v) is 3.75. The SMILES string of the molecule is COc1ccc(N2C[C@@H](C(=O)Nc3ccc(C(=O)OCC(=O)c4ccccc4)cc3)CC2=O)cc1. The van der Waals surface area contributed by atoms with E-state index in [2.05, 4.69) is 5.32 Å². The monoisotopic (exact) mass is 472 g/mol. The summed E-state index contributed by atoms with van der Waals surface area (Å²) in [6, 6.07) is 21.8. The number of hydrogen-bond donors (Lipinski definition) is 1. The van der Waals surface area contributed by atoms with E-state index in [0.29, 0.717) is 22.7 Å². The Morgan fingerprint density at radius 1 is 0.914 bits per heavy atom. The number of methoxy groups -OCH3 is 1. The highest BCUT2D eigenvalue weighted by Gasteiger charge is 2.35. The first-order valence-corrected chi connectivity index (χ1v) is 11.1. The zero-order chi connectivity index (χ0) is 24.8. The minimum Gasteiger partial charge on any atom is -0.497 e. The van der Waals surface area contributed by atoms with Crippen LogP contribution in [0.4, 0.5) is 11.4 Å². The van der Waals surface area contributed by atoms with Gasteiger partial charge in [0.05, 0.1) is 18.6 Å². The van der Waals surface area contributed by atoms with Crippen LogP contribution in [0.5, 0.6) is 5.75 Å². The highest BCUT2D eigenvalue weighted by molar-refractivity contribution is 6.04. The number of carbonyl (C=O) groups excluding carboxylic acids is 4. The van der Waals surface area contributed by atoms with Crippen molar-refractivity contribution in [2.24, 2.45) is 5.92 Å². The molecule has 1 aliphatic heterocycles. The van der Waals surface area contributed by atoms with Crippen LogP contribution in [-0.4, -0.2) is 43.8 Å². The van der Waals surface area contributed by atoms with E-state index < -0.39 is 11.9 Å². The normalized spacial score (nSPS) is 14.9. The molecular weight excluding hydrogens is 448 g/mol. The maximum absolute atomic E-state index is 12.7. The van der Waals surface area contributed by atoms with Crippen molar-refractivity contribution in [1.82, 2.24) is 0 Å². The summed E-state index contributed by atoms with van der Waals surface area (Å²) in [5, 5.41) is 2.79. The second-order valence-electron chi connectivity index (χ2n) is 8.04. The van der Waals surface area contributed by atoms with Crippen molar-refractivity contribution < 1.29 is 28.7 Å². The van der Waals surface area contributed by atoms with Gasteiger partial charge in [-0.1, -0.05) is 30.3 Å². The van der Waals surface area contributed by atoms with Gasteiger partial charge < -0.3 is 19.7 Å². The van der Waals surface area contributed by atoms with Gasteiger partial charge in [-0.25, -0.2) is 4.79 Å². The molecule has 2 amide bonds. The molecule has 3 aromatic rings. The fourth-order valence-electron chi connectivity index (χ4n) is 3.75. The highest BCUT2D eigenvalue weighted by atomic mass is 16.5. The molecule has 0 aromatic heterocycles. The van der Waals surface area contributed by atoms with Gasteiger partial charge in [-0.3, -0.25) is 14.4 Å². The van der Waals surface area contributed by atoms with E-state index in [1.54, 1.807) is 78.7 Å². The number of ether oxygens (including phenoxy) is 2. The highest BCUT2D eigenvalue weighted by Crippen LogP contribution is 2.27. The van der Waals surface area contributed by atoms with Crippen LogP contribution in [0.15, 0.2) is 78.9 Å². The number of carbonyl (C=O) groups is 4. The molecule has 178 valence electrons. The van der Waals surface area contributed by atoms with Crippen LogP contribution in [0.2, 0.25) is 0 Å². The Morgan fingerprint density at radius 2 is 1.60 bits per heavy atom. The minimum absolute atomic E-state index is 0.109. The summed E-state index contributed by atoms with van der Waals surface area (Å²) < 4.78 is 10.2. The van der Waals surface area contributed by atoms with E-state index >= 15 is 0 Å². The van der Waals surface area contributed by atoms with Gasteiger partial charge in [0.15, 0.2) is 12.4 Å². The molecule has 3 aromatic carbocycles. The average Bonchev–Trinajstić information content (AvgIpc) is 3.29. The molecule has 0 bridgehead atoms. The summed E-state index contributed by atoms with van der Waals surface area (Å²) in [4.78, 5) is 51.1. The number of amides is 2. The number of esters is 1. The molecule has 1 heterocycles. The lowest BCUT2D eigenvalue weighted by atomic mass is 10.1. The molecule has 0 unspecified atom stereocenters. The second-order valence-corrected chi connectivity index (χ2v) is 8.04. The molecule has 1 N–H and O–H groups in total. The van der Waals surface area contributed by atoms with E-state index in [9.17, 15) is 19.2 Å².